The van der Waals surface area contributed by atoms with Gasteiger partial charge in [0.05, 0.1) is 5.39 Å². The third-order valence-electron chi connectivity index (χ3n) is 3.75. The SMILES string of the molecule is CC(C)=CCc1c(O)ccc2oc3c(O)ccc(O)c3c(=O)c12. The molecule has 0 atom stereocenters. The van der Waals surface area contributed by atoms with Crippen molar-refractivity contribution < 1.29 is 19.7 Å². The highest BCUT2D eigenvalue weighted by molar-refractivity contribution is 5.97. The van der Waals surface area contributed by atoms with Gasteiger partial charge >= 0.3 is 0 Å². The average molecular weight is 312 g/mol. The van der Waals surface area contributed by atoms with E-state index in [1.54, 1.807) is 0 Å². The maximum absolute atomic E-state index is 12.8. The smallest absolute Gasteiger partial charge is 0.204 e. The molecule has 0 radical (unpaired) electrons. The Labute approximate surface area is 131 Å². The lowest BCUT2D eigenvalue weighted by Gasteiger charge is -2.09. The molecule has 0 saturated heterocycles. The summed E-state index contributed by atoms with van der Waals surface area (Å²) in [6, 6.07) is 5.42. The van der Waals surface area contributed by atoms with Gasteiger partial charge in [0.2, 0.25) is 5.43 Å². The minimum Gasteiger partial charge on any atom is -0.508 e. The molecule has 1 heterocycles. The fourth-order valence-corrected chi connectivity index (χ4v) is 2.58. The summed E-state index contributed by atoms with van der Waals surface area (Å²) in [4.78, 5) is 12.8. The molecule has 0 fully saturated rings. The van der Waals surface area contributed by atoms with E-state index in [4.69, 9.17) is 4.42 Å². The Morgan fingerprint density at radius 3 is 2.35 bits per heavy atom. The van der Waals surface area contributed by atoms with Crippen LogP contribution in [0.2, 0.25) is 0 Å². The summed E-state index contributed by atoms with van der Waals surface area (Å²) in [5.41, 5.74) is 1.18. The first-order valence-electron chi connectivity index (χ1n) is 7.16. The molecular weight excluding hydrogens is 296 g/mol. The van der Waals surface area contributed by atoms with Gasteiger partial charge in [0.1, 0.15) is 22.5 Å². The summed E-state index contributed by atoms with van der Waals surface area (Å²) in [7, 11) is 0. The first-order valence-corrected chi connectivity index (χ1v) is 7.16. The molecule has 23 heavy (non-hydrogen) atoms. The van der Waals surface area contributed by atoms with Crippen LogP contribution in [0.3, 0.4) is 0 Å². The molecule has 0 spiro atoms. The number of rotatable bonds is 2. The minimum atomic E-state index is -0.484. The van der Waals surface area contributed by atoms with Crippen LogP contribution in [0, 0.1) is 0 Å². The van der Waals surface area contributed by atoms with Crippen LogP contribution in [-0.2, 0) is 6.42 Å². The molecule has 2 aromatic carbocycles. The van der Waals surface area contributed by atoms with Crippen molar-refractivity contribution in [3.63, 3.8) is 0 Å². The standard InChI is InChI=1S/C18H16O5/c1-9(2)3-4-10-11(19)7-8-14-15(10)17(22)16-12(20)5-6-13(21)18(16)23-14/h3,5-8,19-21H,4H2,1-2H3. The van der Waals surface area contributed by atoms with E-state index in [0.29, 0.717) is 12.0 Å². The van der Waals surface area contributed by atoms with Crippen LogP contribution in [0.5, 0.6) is 17.2 Å². The van der Waals surface area contributed by atoms with E-state index in [-0.39, 0.29) is 39.2 Å². The van der Waals surface area contributed by atoms with Crippen LogP contribution in [-0.4, -0.2) is 15.3 Å². The first kappa shape index (κ1) is 15.0. The van der Waals surface area contributed by atoms with Crippen LogP contribution in [0.1, 0.15) is 19.4 Å². The molecule has 3 aromatic rings. The first-order chi connectivity index (χ1) is 10.9. The molecule has 1 aromatic heterocycles. The van der Waals surface area contributed by atoms with Crippen molar-refractivity contribution in [3.8, 4) is 17.2 Å². The van der Waals surface area contributed by atoms with Crippen molar-refractivity contribution in [2.24, 2.45) is 0 Å². The Morgan fingerprint density at radius 2 is 1.65 bits per heavy atom. The number of allylic oxidation sites excluding steroid dienone is 2. The highest BCUT2D eigenvalue weighted by Gasteiger charge is 2.18. The topological polar surface area (TPSA) is 90.9 Å². The van der Waals surface area contributed by atoms with Crippen molar-refractivity contribution in [3.05, 3.63) is 51.7 Å². The molecule has 118 valence electrons. The second-order valence-electron chi connectivity index (χ2n) is 5.66. The van der Waals surface area contributed by atoms with Crippen molar-refractivity contribution >= 4 is 21.9 Å². The van der Waals surface area contributed by atoms with E-state index >= 15 is 0 Å². The van der Waals surface area contributed by atoms with Crippen LogP contribution >= 0.6 is 0 Å². The quantitative estimate of drug-likeness (QED) is 0.382. The van der Waals surface area contributed by atoms with Gasteiger partial charge in [0, 0.05) is 5.56 Å². The Kier molecular flexibility index (Phi) is 3.48. The summed E-state index contributed by atoms with van der Waals surface area (Å²) >= 11 is 0. The number of phenols is 3. The van der Waals surface area contributed by atoms with Crippen LogP contribution in [0.4, 0.5) is 0 Å². The van der Waals surface area contributed by atoms with Gasteiger partial charge in [0.15, 0.2) is 11.3 Å². The molecule has 0 aliphatic rings. The normalized spacial score (nSPS) is 11.0. The van der Waals surface area contributed by atoms with E-state index in [1.165, 1.54) is 24.3 Å². The van der Waals surface area contributed by atoms with Crippen LogP contribution < -0.4 is 5.43 Å². The van der Waals surface area contributed by atoms with Crippen molar-refractivity contribution in [1.82, 2.24) is 0 Å². The lowest BCUT2D eigenvalue weighted by Crippen LogP contribution is -2.06. The molecule has 0 aliphatic heterocycles. The van der Waals surface area contributed by atoms with Gasteiger partial charge < -0.3 is 19.7 Å². The molecule has 3 N–H and O–H groups in total. The van der Waals surface area contributed by atoms with Gasteiger partial charge in [-0.05, 0) is 44.5 Å². The molecule has 0 bridgehead atoms. The summed E-state index contributed by atoms with van der Waals surface area (Å²) in [5.74, 6) is -0.512. The minimum absolute atomic E-state index is 0.0127. The van der Waals surface area contributed by atoms with Gasteiger partial charge in [-0.2, -0.15) is 0 Å². The fourth-order valence-electron chi connectivity index (χ4n) is 2.58. The largest absolute Gasteiger partial charge is 0.508 e. The molecule has 5 nitrogen and oxygen atoms in total. The molecule has 0 amide bonds. The zero-order valence-electron chi connectivity index (χ0n) is 12.8. The Morgan fingerprint density at radius 1 is 1.00 bits per heavy atom. The van der Waals surface area contributed by atoms with E-state index in [2.05, 4.69) is 0 Å². The van der Waals surface area contributed by atoms with Crippen molar-refractivity contribution in [2.75, 3.05) is 0 Å². The fraction of sp³-hybridized carbons (Fsp3) is 0.167. The average Bonchev–Trinajstić information content (AvgIpc) is 2.50. The number of benzene rings is 2. The number of fused-ring (bicyclic) bond motifs is 2. The summed E-state index contributed by atoms with van der Waals surface area (Å²) in [6.07, 6.45) is 2.25. The van der Waals surface area contributed by atoms with E-state index in [9.17, 15) is 20.1 Å². The molecule has 5 heteroatoms. The Bertz CT molecular complexity index is 1010. The number of hydrogen-bond donors (Lipinski definition) is 3. The summed E-state index contributed by atoms with van der Waals surface area (Å²) in [5, 5.41) is 30.1. The van der Waals surface area contributed by atoms with Crippen molar-refractivity contribution in [2.45, 2.75) is 20.3 Å². The molecule has 0 saturated carbocycles. The lowest BCUT2D eigenvalue weighted by atomic mass is 10.0. The van der Waals surface area contributed by atoms with Crippen LogP contribution in [0.15, 0.2) is 45.1 Å². The number of aromatic hydroxyl groups is 3. The predicted octanol–water partition coefficient (Wildman–Crippen LogP) is 3.57. The molecule has 3 rings (SSSR count). The number of phenolic OH excluding ortho intramolecular Hbond substituents is 3. The highest BCUT2D eigenvalue weighted by atomic mass is 16.4. The Hall–Kier alpha value is -2.95. The van der Waals surface area contributed by atoms with E-state index in [1.807, 2.05) is 19.9 Å². The maximum Gasteiger partial charge on any atom is 0.204 e. The monoisotopic (exact) mass is 312 g/mol. The number of hydrogen-bond acceptors (Lipinski definition) is 5. The van der Waals surface area contributed by atoms with Gasteiger partial charge in [-0.3, -0.25) is 4.79 Å². The Balaban J connectivity index is 2.49. The van der Waals surface area contributed by atoms with Gasteiger partial charge in [-0.25, -0.2) is 0 Å². The summed E-state index contributed by atoms with van der Waals surface area (Å²) in [6.45, 7) is 3.84. The zero-order valence-corrected chi connectivity index (χ0v) is 12.8. The highest BCUT2D eigenvalue weighted by Crippen LogP contribution is 2.34. The van der Waals surface area contributed by atoms with Crippen molar-refractivity contribution in [1.29, 1.82) is 0 Å². The molecular formula is C18H16O5. The predicted molar refractivity (Wildman–Crippen MR) is 88.1 cm³/mol. The zero-order chi connectivity index (χ0) is 16.7. The van der Waals surface area contributed by atoms with E-state index in [0.717, 1.165) is 5.57 Å². The summed E-state index contributed by atoms with van der Waals surface area (Å²) < 4.78 is 5.60. The van der Waals surface area contributed by atoms with Crippen LogP contribution in [0.25, 0.3) is 21.9 Å². The van der Waals surface area contributed by atoms with Gasteiger partial charge in [-0.1, -0.05) is 11.6 Å². The second kappa shape index (κ2) is 5.35. The molecule has 0 unspecified atom stereocenters. The second-order valence-corrected chi connectivity index (χ2v) is 5.66. The third-order valence-corrected chi connectivity index (χ3v) is 3.75. The van der Waals surface area contributed by atoms with E-state index < -0.39 is 5.43 Å². The van der Waals surface area contributed by atoms with Gasteiger partial charge in [0.25, 0.3) is 0 Å². The maximum atomic E-state index is 12.8. The van der Waals surface area contributed by atoms with Gasteiger partial charge in [-0.15, -0.1) is 0 Å². The lowest BCUT2D eigenvalue weighted by molar-refractivity contribution is 0.457. The molecule has 0 aliphatic carbocycles. The third kappa shape index (κ3) is 2.40.